The molecule has 0 saturated carbocycles. The first kappa shape index (κ1) is 15.4. The lowest BCUT2D eigenvalue weighted by Crippen LogP contribution is -2.26. The largest absolute Gasteiger partial charge is 0.372 e. The van der Waals surface area contributed by atoms with Crippen LogP contribution in [-0.2, 0) is 38.1 Å². The molecule has 0 atom stereocenters. The summed E-state index contributed by atoms with van der Waals surface area (Å²) in [5.41, 5.74) is 5.26. The maximum absolute atomic E-state index is 12.9. The molecule has 0 fully saturated rings. The summed E-state index contributed by atoms with van der Waals surface area (Å²) in [6, 6.07) is 5.71. The molecule has 4 rings (SSSR count). The lowest BCUT2D eigenvalue weighted by atomic mass is 10.1. The summed E-state index contributed by atoms with van der Waals surface area (Å²) in [6.07, 6.45) is 0. The van der Waals surface area contributed by atoms with Gasteiger partial charge < -0.3 is 14.2 Å². The number of ether oxygens (including phenoxy) is 1. The van der Waals surface area contributed by atoms with E-state index in [1.54, 1.807) is 16.5 Å². The predicted molar refractivity (Wildman–Crippen MR) is 89.9 cm³/mol. The summed E-state index contributed by atoms with van der Waals surface area (Å²) in [6.45, 7) is 3.90. The fourth-order valence-corrected chi connectivity index (χ4v) is 3.69. The van der Waals surface area contributed by atoms with Crippen molar-refractivity contribution in [1.82, 2.24) is 9.47 Å². The molecule has 0 unspecified atom stereocenters. The molecule has 1 aromatic carbocycles. The van der Waals surface area contributed by atoms with E-state index in [-0.39, 0.29) is 16.5 Å². The van der Waals surface area contributed by atoms with Crippen LogP contribution in [0.5, 0.6) is 0 Å². The van der Waals surface area contributed by atoms with Crippen molar-refractivity contribution in [3.8, 4) is 0 Å². The van der Waals surface area contributed by atoms with Gasteiger partial charge in [0.2, 0.25) is 0 Å². The summed E-state index contributed by atoms with van der Waals surface area (Å²) in [7, 11) is 1.70. The van der Waals surface area contributed by atoms with Gasteiger partial charge >= 0.3 is 0 Å². The first-order valence-electron chi connectivity index (χ1n) is 7.83. The number of aromatic nitrogens is 1. The maximum Gasteiger partial charge on any atom is 0.269 e. The van der Waals surface area contributed by atoms with E-state index in [4.69, 9.17) is 16.3 Å². The van der Waals surface area contributed by atoms with Crippen LogP contribution in [0.25, 0.3) is 0 Å². The van der Waals surface area contributed by atoms with Gasteiger partial charge in [-0.25, -0.2) is 0 Å². The molecule has 0 bridgehead atoms. The number of carbonyl (C=O) groups is 1. The number of nitrogens with zero attached hydrogens (tertiary/aromatic N) is 2. The molecule has 5 nitrogen and oxygen atoms in total. The van der Waals surface area contributed by atoms with Gasteiger partial charge in [0.15, 0.2) is 0 Å². The highest BCUT2D eigenvalue weighted by Crippen LogP contribution is 2.29. The van der Waals surface area contributed by atoms with E-state index in [9.17, 15) is 9.59 Å². The van der Waals surface area contributed by atoms with Crippen LogP contribution in [0.2, 0.25) is 5.02 Å². The highest BCUT2D eigenvalue weighted by molar-refractivity contribution is 6.31. The maximum atomic E-state index is 12.9. The monoisotopic (exact) mass is 344 g/mol. The number of pyridine rings is 1. The lowest BCUT2D eigenvalue weighted by molar-refractivity contribution is 0.0749. The van der Waals surface area contributed by atoms with Gasteiger partial charge in [0.1, 0.15) is 5.02 Å². The number of halogens is 1. The van der Waals surface area contributed by atoms with Crippen LogP contribution >= 0.6 is 11.6 Å². The molecule has 2 aliphatic rings. The average molecular weight is 345 g/mol. The van der Waals surface area contributed by atoms with Crippen LogP contribution in [0.15, 0.2) is 23.0 Å². The van der Waals surface area contributed by atoms with E-state index < -0.39 is 0 Å². The fourth-order valence-electron chi connectivity index (χ4n) is 3.45. The van der Waals surface area contributed by atoms with Crippen LogP contribution in [0.3, 0.4) is 0 Å². The van der Waals surface area contributed by atoms with Gasteiger partial charge in [-0.05, 0) is 41.3 Å². The van der Waals surface area contributed by atoms with Crippen LogP contribution in [0.1, 0.15) is 38.3 Å². The molecular formula is C18H17ClN2O3. The molecule has 0 aliphatic carbocycles. The Bertz CT molecular complexity index is 933. The molecular weight excluding hydrogens is 328 g/mol. The Morgan fingerprint density at radius 3 is 2.75 bits per heavy atom. The third kappa shape index (κ3) is 2.19. The fraction of sp³-hybridized carbons (Fsp3) is 0.333. The number of benzene rings is 1. The van der Waals surface area contributed by atoms with Crippen molar-refractivity contribution in [2.75, 3.05) is 0 Å². The molecule has 0 N–H and O–H groups in total. The molecule has 0 radical (unpaired) electrons. The molecule has 124 valence electrons. The number of carbonyl (C=O) groups excluding carboxylic acids is 1. The summed E-state index contributed by atoms with van der Waals surface area (Å²) in [4.78, 5) is 26.8. The zero-order valence-corrected chi connectivity index (χ0v) is 14.3. The summed E-state index contributed by atoms with van der Waals surface area (Å²) >= 11 is 6.12. The minimum Gasteiger partial charge on any atom is -0.372 e. The van der Waals surface area contributed by atoms with Crippen molar-refractivity contribution in [3.63, 3.8) is 0 Å². The molecule has 0 spiro atoms. The second-order valence-corrected chi connectivity index (χ2v) is 6.74. The molecule has 1 aromatic heterocycles. The third-order valence-corrected chi connectivity index (χ3v) is 5.42. The molecule has 1 amide bonds. The van der Waals surface area contributed by atoms with Gasteiger partial charge in [0.25, 0.3) is 11.5 Å². The van der Waals surface area contributed by atoms with Crippen molar-refractivity contribution in [3.05, 3.63) is 67.1 Å². The van der Waals surface area contributed by atoms with E-state index in [0.717, 1.165) is 27.9 Å². The van der Waals surface area contributed by atoms with E-state index in [1.807, 2.05) is 25.1 Å². The third-order valence-electron chi connectivity index (χ3n) is 4.97. The zero-order chi connectivity index (χ0) is 17.0. The summed E-state index contributed by atoms with van der Waals surface area (Å²) in [5.74, 6) is -0.0381. The zero-order valence-electron chi connectivity index (χ0n) is 13.6. The van der Waals surface area contributed by atoms with Crippen molar-refractivity contribution in [2.45, 2.75) is 33.2 Å². The van der Waals surface area contributed by atoms with E-state index in [1.165, 1.54) is 0 Å². The second kappa shape index (κ2) is 5.46. The molecule has 2 aromatic rings. The van der Waals surface area contributed by atoms with Crippen LogP contribution in [0, 0.1) is 6.92 Å². The minimum absolute atomic E-state index is 0.0381. The second-order valence-electron chi connectivity index (χ2n) is 6.37. The van der Waals surface area contributed by atoms with Crippen LogP contribution in [-0.4, -0.2) is 15.4 Å². The highest BCUT2D eigenvalue weighted by Gasteiger charge is 2.29. The quantitative estimate of drug-likeness (QED) is 0.798. The van der Waals surface area contributed by atoms with Gasteiger partial charge in [-0.2, -0.15) is 0 Å². The van der Waals surface area contributed by atoms with Gasteiger partial charge in [0, 0.05) is 24.8 Å². The van der Waals surface area contributed by atoms with Gasteiger partial charge in [0.05, 0.1) is 19.8 Å². The topological polar surface area (TPSA) is 51.5 Å². The number of amides is 1. The standard InChI is InChI=1S/C18H17ClN2O3/c1-10-14-6-21(7-15(14)20(2)18(23)16(10)19)17(22)11-3-4-12-8-24-9-13(12)5-11/h3-5H,6-9H2,1-2H3. The normalized spacial score (nSPS) is 15.5. The molecule has 2 aliphatic heterocycles. The van der Waals surface area contributed by atoms with Crippen LogP contribution in [0.4, 0.5) is 0 Å². The van der Waals surface area contributed by atoms with E-state index in [0.29, 0.717) is 31.9 Å². The van der Waals surface area contributed by atoms with Crippen molar-refractivity contribution >= 4 is 17.5 Å². The van der Waals surface area contributed by atoms with E-state index in [2.05, 4.69) is 0 Å². The van der Waals surface area contributed by atoms with Crippen molar-refractivity contribution in [1.29, 1.82) is 0 Å². The first-order valence-corrected chi connectivity index (χ1v) is 8.21. The highest BCUT2D eigenvalue weighted by atomic mass is 35.5. The van der Waals surface area contributed by atoms with Crippen molar-refractivity contribution < 1.29 is 9.53 Å². The Balaban J connectivity index is 1.68. The Morgan fingerprint density at radius 1 is 1.21 bits per heavy atom. The SMILES string of the molecule is Cc1c2c(n(C)c(=O)c1Cl)CN(C(=O)c1ccc3c(c1)COC3)C2. The number of hydrogen-bond donors (Lipinski definition) is 0. The molecule has 0 saturated heterocycles. The van der Waals surface area contributed by atoms with Crippen molar-refractivity contribution in [2.24, 2.45) is 7.05 Å². The minimum atomic E-state index is -0.211. The first-order chi connectivity index (χ1) is 11.5. The predicted octanol–water partition coefficient (Wildman–Crippen LogP) is 2.53. The molecule has 24 heavy (non-hydrogen) atoms. The number of fused-ring (bicyclic) bond motifs is 2. The number of rotatable bonds is 1. The van der Waals surface area contributed by atoms with Gasteiger partial charge in [-0.1, -0.05) is 17.7 Å². The van der Waals surface area contributed by atoms with E-state index >= 15 is 0 Å². The Hall–Kier alpha value is -2.11. The smallest absolute Gasteiger partial charge is 0.269 e. The summed E-state index contributed by atoms with van der Waals surface area (Å²) in [5, 5.41) is 0.236. The molecule has 3 heterocycles. The molecule has 6 heteroatoms. The number of hydrogen-bond acceptors (Lipinski definition) is 3. The Morgan fingerprint density at radius 2 is 1.96 bits per heavy atom. The Labute approximate surface area is 144 Å². The average Bonchev–Trinajstić information content (AvgIpc) is 3.23. The van der Waals surface area contributed by atoms with Gasteiger partial charge in [-0.3, -0.25) is 9.59 Å². The lowest BCUT2D eigenvalue weighted by Gasteiger charge is -2.16. The van der Waals surface area contributed by atoms with Gasteiger partial charge in [-0.15, -0.1) is 0 Å². The van der Waals surface area contributed by atoms with Crippen LogP contribution < -0.4 is 5.56 Å². The summed E-state index contributed by atoms with van der Waals surface area (Å²) < 4.78 is 6.96. The Kier molecular flexibility index (Phi) is 3.51.